The van der Waals surface area contributed by atoms with Gasteiger partial charge in [0.05, 0.1) is 6.54 Å². The SMILES string of the molecule is CC(C)(C)OC(=O)NCCC(=O)NCc1nc(-c2ccccc2)no1. The third-order valence-corrected chi connectivity index (χ3v) is 2.96. The van der Waals surface area contributed by atoms with Gasteiger partial charge in [0.1, 0.15) is 5.60 Å². The number of nitrogens with zero attached hydrogens (tertiary/aromatic N) is 2. The van der Waals surface area contributed by atoms with Crippen LogP contribution in [0.5, 0.6) is 0 Å². The number of carbonyl (C=O) groups is 2. The van der Waals surface area contributed by atoms with Crippen LogP contribution in [0.2, 0.25) is 0 Å². The van der Waals surface area contributed by atoms with E-state index in [-0.39, 0.29) is 25.4 Å². The Morgan fingerprint density at radius 3 is 2.56 bits per heavy atom. The Morgan fingerprint density at radius 1 is 1.16 bits per heavy atom. The molecule has 2 rings (SSSR count). The van der Waals surface area contributed by atoms with E-state index in [1.54, 1.807) is 20.8 Å². The molecule has 2 aromatic rings. The number of benzene rings is 1. The zero-order valence-corrected chi connectivity index (χ0v) is 14.5. The minimum absolute atomic E-state index is 0.124. The molecule has 1 aromatic heterocycles. The van der Waals surface area contributed by atoms with Gasteiger partial charge in [-0.1, -0.05) is 35.5 Å². The number of amides is 2. The van der Waals surface area contributed by atoms with Crippen LogP contribution in [0.1, 0.15) is 33.1 Å². The molecule has 0 spiro atoms. The summed E-state index contributed by atoms with van der Waals surface area (Å²) in [4.78, 5) is 27.4. The Morgan fingerprint density at radius 2 is 1.88 bits per heavy atom. The van der Waals surface area contributed by atoms with Gasteiger partial charge in [-0.3, -0.25) is 4.79 Å². The molecular weight excluding hydrogens is 324 g/mol. The summed E-state index contributed by atoms with van der Waals surface area (Å²) < 4.78 is 10.2. The van der Waals surface area contributed by atoms with E-state index >= 15 is 0 Å². The quantitative estimate of drug-likeness (QED) is 0.831. The molecule has 0 fully saturated rings. The molecule has 0 bridgehead atoms. The molecule has 0 saturated heterocycles. The maximum atomic E-state index is 11.8. The molecule has 2 N–H and O–H groups in total. The molecule has 2 amide bonds. The third kappa shape index (κ3) is 6.62. The molecule has 0 atom stereocenters. The summed E-state index contributed by atoms with van der Waals surface area (Å²) in [5.74, 6) is 0.541. The first-order chi connectivity index (χ1) is 11.8. The molecule has 8 nitrogen and oxygen atoms in total. The summed E-state index contributed by atoms with van der Waals surface area (Å²) >= 11 is 0. The van der Waals surface area contributed by atoms with E-state index in [9.17, 15) is 9.59 Å². The Labute approximate surface area is 145 Å². The molecular formula is C17H22N4O4. The number of hydrogen-bond acceptors (Lipinski definition) is 6. The highest BCUT2D eigenvalue weighted by Gasteiger charge is 2.16. The van der Waals surface area contributed by atoms with Gasteiger partial charge in [0, 0.05) is 18.5 Å². The minimum atomic E-state index is -0.569. The molecule has 1 aromatic carbocycles. The van der Waals surface area contributed by atoms with Gasteiger partial charge in [0.2, 0.25) is 17.6 Å². The third-order valence-electron chi connectivity index (χ3n) is 2.96. The van der Waals surface area contributed by atoms with Crippen LogP contribution < -0.4 is 10.6 Å². The smallest absolute Gasteiger partial charge is 0.407 e. The van der Waals surface area contributed by atoms with Crippen LogP contribution in [0.25, 0.3) is 11.4 Å². The number of ether oxygens (including phenoxy) is 1. The number of nitrogens with one attached hydrogen (secondary N) is 2. The zero-order valence-electron chi connectivity index (χ0n) is 14.5. The van der Waals surface area contributed by atoms with Crippen molar-refractivity contribution in [1.29, 1.82) is 0 Å². The average Bonchev–Trinajstić information content (AvgIpc) is 3.01. The van der Waals surface area contributed by atoms with E-state index in [4.69, 9.17) is 9.26 Å². The van der Waals surface area contributed by atoms with Gasteiger partial charge >= 0.3 is 6.09 Å². The number of carbonyl (C=O) groups excluding carboxylic acids is 2. The highest BCUT2D eigenvalue weighted by molar-refractivity contribution is 5.76. The second-order valence-corrected chi connectivity index (χ2v) is 6.33. The first-order valence-electron chi connectivity index (χ1n) is 7.95. The maximum Gasteiger partial charge on any atom is 0.407 e. The molecule has 0 aliphatic carbocycles. The Hall–Kier alpha value is -2.90. The van der Waals surface area contributed by atoms with Crippen molar-refractivity contribution in [3.63, 3.8) is 0 Å². The Balaban J connectivity index is 1.70. The van der Waals surface area contributed by atoms with E-state index in [0.29, 0.717) is 11.7 Å². The second-order valence-electron chi connectivity index (χ2n) is 6.33. The van der Waals surface area contributed by atoms with Crippen molar-refractivity contribution < 1.29 is 18.8 Å². The summed E-state index contributed by atoms with van der Waals surface area (Å²) in [6.45, 7) is 5.62. The first-order valence-corrected chi connectivity index (χ1v) is 7.95. The fraction of sp³-hybridized carbons (Fsp3) is 0.412. The van der Waals surface area contributed by atoms with E-state index < -0.39 is 11.7 Å². The van der Waals surface area contributed by atoms with Crippen LogP contribution in [0.4, 0.5) is 4.79 Å². The number of aromatic nitrogens is 2. The van der Waals surface area contributed by atoms with Crippen LogP contribution in [0.3, 0.4) is 0 Å². The summed E-state index contributed by atoms with van der Waals surface area (Å²) in [6.07, 6.45) is -0.427. The largest absolute Gasteiger partial charge is 0.444 e. The first kappa shape index (κ1) is 18.4. The number of hydrogen-bond donors (Lipinski definition) is 2. The molecule has 8 heteroatoms. The lowest BCUT2D eigenvalue weighted by molar-refractivity contribution is -0.121. The number of alkyl carbamates (subject to hydrolysis) is 1. The van der Waals surface area contributed by atoms with Gasteiger partial charge in [-0.2, -0.15) is 4.98 Å². The fourth-order valence-corrected chi connectivity index (χ4v) is 1.89. The van der Waals surface area contributed by atoms with Gasteiger partial charge in [0.25, 0.3) is 0 Å². The van der Waals surface area contributed by atoms with Crippen LogP contribution in [-0.2, 0) is 16.1 Å². The van der Waals surface area contributed by atoms with Crippen molar-refractivity contribution in [2.24, 2.45) is 0 Å². The van der Waals surface area contributed by atoms with Crippen molar-refractivity contribution in [2.45, 2.75) is 39.3 Å². The van der Waals surface area contributed by atoms with E-state index in [2.05, 4.69) is 20.8 Å². The van der Waals surface area contributed by atoms with Gasteiger partial charge in [-0.25, -0.2) is 4.79 Å². The molecule has 0 unspecified atom stereocenters. The van der Waals surface area contributed by atoms with Crippen LogP contribution in [0, 0.1) is 0 Å². The number of rotatable bonds is 6. The average molecular weight is 346 g/mol. The minimum Gasteiger partial charge on any atom is -0.444 e. The summed E-state index contributed by atoms with van der Waals surface area (Å²) in [5.41, 5.74) is 0.270. The van der Waals surface area contributed by atoms with Crippen molar-refractivity contribution in [3.05, 3.63) is 36.2 Å². The van der Waals surface area contributed by atoms with E-state index in [1.165, 1.54) is 0 Å². The molecule has 134 valence electrons. The summed E-state index contributed by atoms with van der Waals surface area (Å²) in [7, 11) is 0. The van der Waals surface area contributed by atoms with Crippen LogP contribution in [-0.4, -0.2) is 34.3 Å². The molecule has 0 saturated carbocycles. The van der Waals surface area contributed by atoms with Crippen molar-refractivity contribution in [2.75, 3.05) is 6.54 Å². The Bertz CT molecular complexity index is 707. The topological polar surface area (TPSA) is 106 Å². The fourth-order valence-electron chi connectivity index (χ4n) is 1.89. The maximum absolute atomic E-state index is 11.8. The molecule has 0 radical (unpaired) electrons. The monoisotopic (exact) mass is 346 g/mol. The van der Waals surface area contributed by atoms with Gasteiger partial charge in [-0.15, -0.1) is 0 Å². The second kappa shape index (κ2) is 8.27. The van der Waals surface area contributed by atoms with Gasteiger partial charge in [-0.05, 0) is 20.8 Å². The van der Waals surface area contributed by atoms with E-state index in [0.717, 1.165) is 5.56 Å². The normalized spacial score (nSPS) is 11.0. The van der Waals surface area contributed by atoms with Gasteiger partial charge in [0.15, 0.2) is 0 Å². The van der Waals surface area contributed by atoms with Crippen LogP contribution in [0.15, 0.2) is 34.9 Å². The van der Waals surface area contributed by atoms with Gasteiger partial charge < -0.3 is 19.9 Å². The lowest BCUT2D eigenvalue weighted by atomic mass is 10.2. The highest BCUT2D eigenvalue weighted by Crippen LogP contribution is 2.14. The predicted molar refractivity (Wildman–Crippen MR) is 90.4 cm³/mol. The Kier molecular flexibility index (Phi) is 6.10. The highest BCUT2D eigenvalue weighted by atomic mass is 16.6. The van der Waals surface area contributed by atoms with Crippen LogP contribution >= 0.6 is 0 Å². The lowest BCUT2D eigenvalue weighted by Gasteiger charge is -2.19. The predicted octanol–water partition coefficient (Wildman–Crippen LogP) is 2.27. The standard InChI is InChI=1S/C17H22N4O4/c1-17(2,3)24-16(23)18-10-9-13(22)19-11-14-20-15(21-25-14)12-7-5-4-6-8-12/h4-8H,9-11H2,1-3H3,(H,18,23)(H,19,22). The molecule has 0 aliphatic heterocycles. The van der Waals surface area contributed by atoms with Crippen molar-refractivity contribution in [1.82, 2.24) is 20.8 Å². The summed E-state index contributed by atoms with van der Waals surface area (Å²) in [6, 6.07) is 9.40. The summed E-state index contributed by atoms with van der Waals surface area (Å²) in [5, 5.41) is 9.05. The van der Waals surface area contributed by atoms with Crippen molar-refractivity contribution in [3.8, 4) is 11.4 Å². The lowest BCUT2D eigenvalue weighted by Crippen LogP contribution is -2.35. The molecule has 25 heavy (non-hydrogen) atoms. The zero-order chi connectivity index (χ0) is 18.3. The molecule has 1 heterocycles. The van der Waals surface area contributed by atoms with Crippen molar-refractivity contribution >= 4 is 12.0 Å². The molecule has 0 aliphatic rings. The van der Waals surface area contributed by atoms with E-state index in [1.807, 2.05) is 30.3 Å².